The molecule has 5 rings (SSSR count). The van der Waals surface area contributed by atoms with Crippen molar-refractivity contribution < 1.29 is 14.3 Å². The number of nitrogens with zero attached hydrogens (tertiary/aromatic N) is 3. The van der Waals surface area contributed by atoms with E-state index < -0.39 is 11.5 Å². The largest absolute Gasteiger partial charge is 0.490 e. The first-order valence-corrected chi connectivity index (χ1v) is 10.7. The molecule has 156 valence electrons. The zero-order valence-electron chi connectivity index (χ0n) is 16.4. The van der Waals surface area contributed by atoms with Crippen molar-refractivity contribution in [1.29, 1.82) is 0 Å². The Labute approximate surface area is 186 Å². The average molecular weight is 454 g/mol. The summed E-state index contributed by atoms with van der Waals surface area (Å²) in [5, 5.41) is 1.45. The molecule has 9 heteroatoms. The number of anilines is 2. The third-order valence-corrected chi connectivity index (χ3v) is 6.19. The van der Waals surface area contributed by atoms with Crippen molar-refractivity contribution in [2.75, 3.05) is 25.2 Å². The molecule has 31 heavy (non-hydrogen) atoms. The molecule has 7 nitrogen and oxygen atoms in total. The van der Waals surface area contributed by atoms with Crippen molar-refractivity contribution >= 4 is 50.6 Å². The minimum Gasteiger partial charge on any atom is -0.490 e. The second kappa shape index (κ2) is 7.72. The molecule has 1 aliphatic heterocycles. The Morgan fingerprint density at radius 3 is 2.77 bits per heavy atom. The van der Waals surface area contributed by atoms with E-state index in [2.05, 4.69) is 9.88 Å². The Kier molecular flexibility index (Phi) is 4.88. The normalized spacial score (nSPS) is 13.0. The third-order valence-electron chi connectivity index (χ3n) is 5.09. The molecule has 0 saturated heterocycles. The van der Waals surface area contributed by atoms with Crippen LogP contribution in [-0.4, -0.2) is 35.8 Å². The van der Waals surface area contributed by atoms with E-state index >= 15 is 0 Å². The molecule has 0 unspecified atom stereocenters. The quantitative estimate of drug-likeness (QED) is 0.427. The van der Waals surface area contributed by atoms with E-state index in [1.807, 2.05) is 42.5 Å². The zero-order valence-corrected chi connectivity index (χ0v) is 17.9. The van der Waals surface area contributed by atoms with Gasteiger partial charge in [-0.25, -0.2) is 9.78 Å². The highest BCUT2D eigenvalue weighted by Crippen LogP contribution is 2.38. The van der Waals surface area contributed by atoms with Crippen LogP contribution in [0.1, 0.15) is 10.4 Å². The number of rotatable bonds is 3. The van der Waals surface area contributed by atoms with Crippen LogP contribution in [-0.2, 0) is 4.74 Å². The topological polar surface area (TPSA) is 73.7 Å². The molecular weight excluding hydrogens is 438 g/mol. The van der Waals surface area contributed by atoms with Crippen molar-refractivity contribution in [2.45, 2.75) is 0 Å². The number of esters is 1. The van der Waals surface area contributed by atoms with Gasteiger partial charge in [0.25, 0.3) is 5.56 Å². The monoisotopic (exact) mass is 453 g/mol. The molecule has 2 aromatic heterocycles. The minimum atomic E-state index is -0.546. The van der Waals surface area contributed by atoms with Crippen LogP contribution in [0.4, 0.5) is 11.4 Å². The van der Waals surface area contributed by atoms with E-state index in [1.165, 1.54) is 23.0 Å². The van der Waals surface area contributed by atoms with Gasteiger partial charge in [0, 0.05) is 11.1 Å². The Hall–Kier alpha value is -3.36. The van der Waals surface area contributed by atoms with Gasteiger partial charge in [0.05, 0.1) is 30.6 Å². The molecule has 0 aliphatic carbocycles. The Balaban J connectivity index is 1.75. The van der Waals surface area contributed by atoms with Crippen molar-refractivity contribution in [3.05, 3.63) is 75.0 Å². The number of ether oxygens (including phenoxy) is 2. The second-order valence-corrected chi connectivity index (χ2v) is 8.04. The lowest BCUT2D eigenvalue weighted by atomic mass is 10.1. The number of fused-ring (bicyclic) bond motifs is 2. The fraction of sp³-hybridized carbons (Fsp3) is 0.136. The molecule has 0 bridgehead atoms. The van der Waals surface area contributed by atoms with Crippen molar-refractivity contribution in [1.82, 2.24) is 9.55 Å². The highest BCUT2D eigenvalue weighted by molar-refractivity contribution is 7.17. The summed E-state index contributed by atoms with van der Waals surface area (Å²) in [4.78, 5) is 32.1. The summed E-state index contributed by atoms with van der Waals surface area (Å²) in [6.45, 7) is 1.21. The number of aromatic nitrogens is 2. The Morgan fingerprint density at radius 1 is 1.19 bits per heavy atom. The first-order valence-electron chi connectivity index (χ1n) is 9.46. The lowest BCUT2D eigenvalue weighted by molar-refractivity contribution is 0.0603. The van der Waals surface area contributed by atoms with Crippen LogP contribution in [0.2, 0.25) is 5.15 Å². The lowest BCUT2D eigenvalue weighted by Gasteiger charge is -2.31. The SMILES string of the molecule is COC(=O)c1csc2nc(Cl)c(=O)n(-c3ccc4c(c3)N(c3ccccc3)CCO4)c12. The minimum absolute atomic E-state index is 0.167. The summed E-state index contributed by atoms with van der Waals surface area (Å²) < 4.78 is 12.1. The first-order chi connectivity index (χ1) is 15.1. The summed E-state index contributed by atoms with van der Waals surface area (Å²) in [6, 6.07) is 15.4. The molecule has 0 amide bonds. The fourth-order valence-corrected chi connectivity index (χ4v) is 4.80. The van der Waals surface area contributed by atoms with Crippen molar-refractivity contribution in [3.63, 3.8) is 0 Å². The molecule has 0 atom stereocenters. The van der Waals surface area contributed by atoms with Gasteiger partial charge in [0.1, 0.15) is 22.7 Å². The van der Waals surface area contributed by atoms with Gasteiger partial charge in [0.15, 0.2) is 5.15 Å². The van der Waals surface area contributed by atoms with E-state index in [4.69, 9.17) is 21.1 Å². The van der Waals surface area contributed by atoms with E-state index in [9.17, 15) is 9.59 Å². The maximum absolute atomic E-state index is 13.0. The van der Waals surface area contributed by atoms with Gasteiger partial charge < -0.3 is 14.4 Å². The van der Waals surface area contributed by atoms with E-state index in [-0.39, 0.29) is 10.7 Å². The molecule has 0 spiro atoms. The molecule has 3 heterocycles. The van der Waals surface area contributed by atoms with Gasteiger partial charge in [-0.05, 0) is 30.3 Å². The van der Waals surface area contributed by atoms with E-state index in [1.54, 1.807) is 11.4 Å². The van der Waals surface area contributed by atoms with Gasteiger partial charge in [-0.15, -0.1) is 11.3 Å². The van der Waals surface area contributed by atoms with Gasteiger partial charge in [-0.3, -0.25) is 9.36 Å². The van der Waals surface area contributed by atoms with Crippen LogP contribution in [0.25, 0.3) is 16.0 Å². The lowest BCUT2D eigenvalue weighted by Crippen LogP contribution is -2.29. The molecular formula is C22H16ClN3O4S. The van der Waals surface area contributed by atoms with Crippen LogP contribution in [0, 0.1) is 0 Å². The highest BCUT2D eigenvalue weighted by Gasteiger charge is 2.24. The van der Waals surface area contributed by atoms with Gasteiger partial charge in [-0.2, -0.15) is 0 Å². The number of thiophene rings is 1. The number of benzene rings is 2. The summed E-state index contributed by atoms with van der Waals surface area (Å²) in [5.74, 6) is 0.164. The van der Waals surface area contributed by atoms with Crippen molar-refractivity contribution in [3.8, 4) is 11.4 Å². The molecule has 0 radical (unpaired) electrons. The number of carbonyl (C=O) groups excluding carboxylic acids is 1. The maximum atomic E-state index is 13.0. The predicted molar refractivity (Wildman–Crippen MR) is 121 cm³/mol. The highest BCUT2D eigenvalue weighted by atomic mass is 35.5. The molecule has 2 aromatic carbocycles. The number of para-hydroxylation sites is 1. The first kappa shape index (κ1) is 19.6. The standard InChI is InChI=1S/C22H16ClN3O4S/c1-29-22(28)15-12-31-20-18(15)26(21(27)19(23)24-20)14-7-8-17-16(11-14)25(9-10-30-17)13-5-3-2-4-6-13/h2-8,11-12H,9-10H2,1H3. The van der Waals surface area contributed by atoms with E-state index in [0.29, 0.717) is 34.9 Å². The average Bonchev–Trinajstić information content (AvgIpc) is 3.22. The van der Waals surface area contributed by atoms with Crippen LogP contribution >= 0.6 is 22.9 Å². The number of methoxy groups -OCH3 is 1. The fourth-order valence-electron chi connectivity index (χ4n) is 3.69. The summed E-state index contributed by atoms with van der Waals surface area (Å²) >= 11 is 7.37. The summed E-state index contributed by atoms with van der Waals surface area (Å²) in [7, 11) is 1.30. The predicted octanol–water partition coefficient (Wildman–Crippen LogP) is 4.42. The van der Waals surface area contributed by atoms with Gasteiger partial charge in [0.2, 0.25) is 0 Å². The molecule has 0 fully saturated rings. The second-order valence-electron chi connectivity index (χ2n) is 6.83. The Morgan fingerprint density at radius 2 is 2.00 bits per heavy atom. The smallest absolute Gasteiger partial charge is 0.340 e. The molecule has 4 aromatic rings. The zero-order chi connectivity index (χ0) is 21.5. The summed E-state index contributed by atoms with van der Waals surface area (Å²) in [5.41, 5.74) is 2.50. The maximum Gasteiger partial charge on any atom is 0.340 e. The molecule has 0 saturated carbocycles. The number of halogens is 1. The number of hydrogen-bond donors (Lipinski definition) is 0. The van der Waals surface area contributed by atoms with Gasteiger partial charge in [-0.1, -0.05) is 29.8 Å². The van der Waals surface area contributed by atoms with Crippen LogP contribution in [0.15, 0.2) is 58.7 Å². The Bertz CT molecular complexity index is 1370. The van der Waals surface area contributed by atoms with Crippen LogP contribution in [0.5, 0.6) is 5.75 Å². The summed E-state index contributed by atoms with van der Waals surface area (Å²) in [6.07, 6.45) is 0. The molecule has 1 aliphatic rings. The number of hydrogen-bond acceptors (Lipinski definition) is 7. The van der Waals surface area contributed by atoms with Crippen LogP contribution in [0.3, 0.4) is 0 Å². The van der Waals surface area contributed by atoms with E-state index in [0.717, 1.165) is 11.4 Å². The molecule has 0 N–H and O–H groups in total. The third kappa shape index (κ3) is 3.24. The number of carbonyl (C=O) groups is 1. The van der Waals surface area contributed by atoms with Gasteiger partial charge >= 0.3 is 5.97 Å². The van der Waals surface area contributed by atoms with Crippen molar-refractivity contribution in [2.24, 2.45) is 0 Å². The van der Waals surface area contributed by atoms with Crippen LogP contribution < -0.4 is 15.2 Å².